The Hall–Kier alpha value is -1.55. The molecule has 0 aliphatic rings. The van der Waals surface area contributed by atoms with Crippen LogP contribution in [0.5, 0.6) is 0 Å². The molecular formula is C8H13F3N2O5. The summed E-state index contributed by atoms with van der Waals surface area (Å²) < 4.78 is 50.1. The number of primary amides is 1. The molecule has 0 spiro atoms. The van der Waals surface area contributed by atoms with Crippen molar-refractivity contribution in [1.29, 1.82) is 0 Å². The van der Waals surface area contributed by atoms with Gasteiger partial charge in [0, 0.05) is 14.2 Å². The Morgan fingerprint density at radius 3 is 2.11 bits per heavy atom. The number of amides is 2. The number of methoxy groups -OCH3 is 2. The van der Waals surface area contributed by atoms with Gasteiger partial charge in [0.15, 0.2) is 6.29 Å². The van der Waals surface area contributed by atoms with E-state index in [1.165, 1.54) is 14.2 Å². The average Bonchev–Trinajstić information content (AvgIpc) is 2.25. The molecule has 0 radical (unpaired) electrons. The second-order valence-corrected chi connectivity index (χ2v) is 3.00. The van der Waals surface area contributed by atoms with E-state index in [2.05, 4.69) is 19.9 Å². The Labute approximate surface area is 100 Å². The molecule has 0 aromatic heterocycles. The SMILES string of the molecule is COC(CNC(=O)C(OC(N)=O)C(F)(F)F)OC. The van der Waals surface area contributed by atoms with Crippen LogP contribution in [0.25, 0.3) is 0 Å². The number of hydrogen-bond donors (Lipinski definition) is 2. The van der Waals surface area contributed by atoms with Crippen molar-refractivity contribution in [3.05, 3.63) is 0 Å². The van der Waals surface area contributed by atoms with Crippen LogP contribution in [-0.4, -0.2) is 51.3 Å². The molecule has 7 nitrogen and oxygen atoms in total. The van der Waals surface area contributed by atoms with Crippen LogP contribution in [0.4, 0.5) is 18.0 Å². The van der Waals surface area contributed by atoms with Gasteiger partial charge in [0.05, 0.1) is 6.54 Å². The topological polar surface area (TPSA) is 99.9 Å². The zero-order valence-corrected chi connectivity index (χ0v) is 9.61. The van der Waals surface area contributed by atoms with Crippen molar-refractivity contribution in [3.8, 4) is 0 Å². The van der Waals surface area contributed by atoms with Crippen molar-refractivity contribution in [1.82, 2.24) is 5.32 Å². The van der Waals surface area contributed by atoms with E-state index in [0.717, 1.165) is 0 Å². The van der Waals surface area contributed by atoms with E-state index in [-0.39, 0.29) is 6.54 Å². The molecule has 0 aliphatic heterocycles. The van der Waals surface area contributed by atoms with Crippen LogP contribution in [0.3, 0.4) is 0 Å². The maximum Gasteiger partial charge on any atom is 0.434 e. The molecular weight excluding hydrogens is 261 g/mol. The summed E-state index contributed by atoms with van der Waals surface area (Å²) in [5, 5.41) is 1.85. The van der Waals surface area contributed by atoms with Crippen LogP contribution < -0.4 is 11.1 Å². The smallest absolute Gasteiger partial charge is 0.426 e. The lowest BCUT2D eigenvalue weighted by Crippen LogP contribution is -2.49. The summed E-state index contributed by atoms with van der Waals surface area (Å²) in [7, 11) is 2.48. The summed E-state index contributed by atoms with van der Waals surface area (Å²) in [5.41, 5.74) is 4.45. The van der Waals surface area contributed by atoms with Crippen molar-refractivity contribution < 1.29 is 37.0 Å². The molecule has 1 atom stereocenters. The lowest BCUT2D eigenvalue weighted by molar-refractivity contribution is -0.205. The first-order chi connectivity index (χ1) is 8.22. The van der Waals surface area contributed by atoms with Gasteiger partial charge in [-0.15, -0.1) is 0 Å². The lowest BCUT2D eigenvalue weighted by Gasteiger charge is -2.20. The van der Waals surface area contributed by atoms with E-state index in [1.54, 1.807) is 0 Å². The molecule has 106 valence electrons. The summed E-state index contributed by atoms with van der Waals surface area (Å²) in [5.74, 6) is -1.57. The van der Waals surface area contributed by atoms with Crippen molar-refractivity contribution in [2.45, 2.75) is 18.6 Å². The molecule has 3 N–H and O–H groups in total. The van der Waals surface area contributed by atoms with Gasteiger partial charge >= 0.3 is 12.3 Å². The third-order valence-electron chi connectivity index (χ3n) is 1.74. The van der Waals surface area contributed by atoms with Crippen LogP contribution in [-0.2, 0) is 19.0 Å². The van der Waals surface area contributed by atoms with Crippen LogP contribution in [0.1, 0.15) is 0 Å². The van der Waals surface area contributed by atoms with Gasteiger partial charge in [0.2, 0.25) is 0 Å². The van der Waals surface area contributed by atoms with E-state index in [1.807, 2.05) is 5.32 Å². The fraction of sp³-hybridized carbons (Fsp3) is 0.750. The zero-order chi connectivity index (χ0) is 14.3. The third kappa shape index (κ3) is 5.68. The first-order valence-corrected chi connectivity index (χ1v) is 4.58. The quantitative estimate of drug-likeness (QED) is 0.650. The largest absolute Gasteiger partial charge is 0.434 e. The number of hydrogen-bond acceptors (Lipinski definition) is 5. The first kappa shape index (κ1) is 16.4. The minimum Gasteiger partial charge on any atom is -0.426 e. The van der Waals surface area contributed by atoms with E-state index < -0.39 is 30.6 Å². The van der Waals surface area contributed by atoms with Crippen molar-refractivity contribution >= 4 is 12.0 Å². The highest BCUT2D eigenvalue weighted by molar-refractivity contribution is 5.84. The molecule has 0 aromatic carbocycles. The van der Waals surface area contributed by atoms with Crippen molar-refractivity contribution in [2.24, 2.45) is 5.73 Å². The van der Waals surface area contributed by atoms with Gasteiger partial charge in [-0.1, -0.05) is 0 Å². The average molecular weight is 274 g/mol. The Kier molecular flexibility index (Phi) is 6.41. The highest BCUT2D eigenvalue weighted by Gasteiger charge is 2.48. The van der Waals surface area contributed by atoms with E-state index in [0.29, 0.717) is 0 Å². The molecule has 2 amide bonds. The molecule has 1 unspecified atom stereocenters. The number of carbonyl (C=O) groups excluding carboxylic acids is 2. The summed E-state index contributed by atoms with van der Waals surface area (Å²) in [6, 6.07) is 0. The second kappa shape index (κ2) is 7.01. The van der Waals surface area contributed by atoms with Gasteiger partial charge in [0.1, 0.15) is 0 Å². The van der Waals surface area contributed by atoms with Gasteiger partial charge in [-0.05, 0) is 0 Å². The Morgan fingerprint density at radius 1 is 1.28 bits per heavy atom. The molecule has 0 saturated heterocycles. The summed E-state index contributed by atoms with van der Waals surface area (Å²) in [6.45, 7) is -0.347. The van der Waals surface area contributed by atoms with Crippen LogP contribution in [0.15, 0.2) is 0 Å². The number of halogens is 3. The Morgan fingerprint density at radius 2 is 1.78 bits per heavy atom. The monoisotopic (exact) mass is 274 g/mol. The molecule has 0 rings (SSSR count). The molecule has 0 heterocycles. The molecule has 18 heavy (non-hydrogen) atoms. The van der Waals surface area contributed by atoms with E-state index >= 15 is 0 Å². The molecule has 0 fully saturated rings. The maximum atomic E-state index is 12.4. The minimum absolute atomic E-state index is 0.347. The van der Waals surface area contributed by atoms with E-state index in [9.17, 15) is 22.8 Å². The maximum absolute atomic E-state index is 12.4. The summed E-state index contributed by atoms with van der Waals surface area (Å²) in [4.78, 5) is 21.5. The number of ether oxygens (including phenoxy) is 3. The molecule has 0 saturated carbocycles. The highest BCUT2D eigenvalue weighted by atomic mass is 19.4. The predicted molar refractivity (Wildman–Crippen MR) is 51.3 cm³/mol. The van der Waals surface area contributed by atoms with Crippen molar-refractivity contribution in [2.75, 3.05) is 20.8 Å². The lowest BCUT2D eigenvalue weighted by atomic mass is 10.3. The molecule has 0 aliphatic carbocycles. The molecule has 0 aromatic rings. The highest BCUT2D eigenvalue weighted by Crippen LogP contribution is 2.23. The number of carbonyl (C=O) groups is 2. The normalized spacial score (nSPS) is 13.2. The number of nitrogens with two attached hydrogens (primary N) is 1. The number of rotatable bonds is 6. The van der Waals surface area contributed by atoms with Gasteiger partial charge in [0.25, 0.3) is 12.0 Å². The van der Waals surface area contributed by atoms with Gasteiger partial charge in [-0.25, -0.2) is 4.79 Å². The fourth-order valence-electron chi connectivity index (χ4n) is 0.925. The first-order valence-electron chi connectivity index (χ1n) is 4.58. The predicted octanol–water partition coefficient (Wildman–Crippen LogP) is -0.252. The molecule has 10 heteroatoms. The Balaban J connectivity index is 4.53. The number of alkyl halides is 3. The Bertz CT molecular complexity index is 293. The fourth-order valence-corrected chi connectivity index (χ4v) is 0.925. The van der Waals surface area contributed by atoms with Crippen LogP contribution in [0, 0.1) is 0 Å². The minimum atomic E-state index is -5.06. The van der Waals surface area contributed by atoms with E-state index in [4.69, 9.17) is 0 Å². The second-order valence-electron chi connectivity index (χ2n) is 3.00. The summed E-state index contributed by atoms with van der Waals surface area (Å²) >= 11 is 0. The molecule has 0 bridgehead atoms. The summed E-state index contributed by atoms with van der Waals surface area (Å²) in [6.07, 6.45) is -10.7. The number of nitrogens with one attached hydrogen (secondary N) is 1. The van der Waals surface area contributed by atoms with Crippen LogP contribution in [0.2, 0.25) is 0 Å². The van der Waals surface area contributed by atoms with Gasteiger partial charge < -0.3 is 25.3 Å². The zero-order valence-electron chi connectivity index (χ0n) is 9.61. The third-order valence-corrected chi connectivity index (χ3v) is 1.74. The van der Waals surface area contributed by atoms with Gasteiger partial charge in [-0.3, -0.25) is 4.79 Å². The van der Waals surface area contributed by atoms with Gasteiger partial charge in [-0.2, -0.15) is 13.2 Å². The van der Waals surface area contributed by atoms with Crippen molar-refractivity contribution in [3.63, 3.8) is 0 Å². The van der Waals surface area contributed by atoms with Crippen LogP contribution >= 0.6 is 0 Å². The standard InChI is InChI=1S/C8H13F3N2O5/c1-16-4(17-2)3-13-6(14)5(8(9,10)11)18-7(12)15/h4-5H,3H2,1-2H3,(H2,12,15)(H,13,14).